The predicted molar refractivity (Wildman–Crippen MR) is 124 cm³/mol. The lowest BCUT2D eigenvalue weighted by atomic mass is 10.1. The molecule has 1 N–H and O–H groups in total. The molecule has 0 saturated carbocycles. The van der Waals surface area contributed by atoms with Gasteiger partial charge in [0.05, 0.1) is 17.6 Å². The second-order valence-corrected chi connectivity index (χ2v) is 7.46. The Balaban J connectivity index is 2.23. The number of rotatable bonds is 8. The van der Waals surface area contributed by atoms with Gasteiger partial charge in [0.1, 0.15) is 11.4 Å². The van der Waals surface area contributed by atoms with E-state index < -0.39 is 22.7 Å². The number of aryl methyl sites for hydroxylation is 2. The lowest BCUT2D eigenvalue weighted by Gasteiger charge is -2.17. The topological polar surface area (TPSA) is 104 Å². The van der Waals surface area contributed by atoms with E-state index in [2.05, 4.69) is 5.32 Å². The number of carbonyl (C=O) groups is 1. The molecule has 0 bridgehead atoms. The molecule has 3 aromatic rings. The van der Waals surface area contributed by atoms with Gasteiger partial charge in [-0.3, -0.25) is 28.1 Å². The Bertz CT molecular complexity index is 1320. The largest absolute Gasteiger partial charge is 0.494 e. The number of pyridine rings is 1. The fourth-order valence-electron chi connectivity index (χ4n) is 3.73. The van der Waals surface area contributed by atoms with Crippen molar-refractivity contribution in [2.45, 2.75) is 46.7 Å². The molecule has 2 heterocycles. The van der Waals surface area contributed by atoms with Crippen LogP contribution in [0.5, 0.6) is 5.75 Å². The van der Waals surface area contributed by atoms with Gasteiger partial charge < -0.3 is 10.1 Å². The zero-order valence-electron chi connectivity index (χ0n) is 18.8. The first-order valence-electron chi connectivity index (χ1n) is 10.8. The van der Waals surface area contributed by atoms with Crippen LogP contribution < -0.4 is 26.9 Å². The highest BCUT2D eigenvalue weighted by Crippen LogP contribution is 2.18. The summed E-state index contributed by atoms with van der Waals surface area (Å²) in [7, 11) is 1.51. The molecule has 0 aliphatic carbocycles. The smallest absolute Gasteiger partial charge is 0.332 e. The van der Waals surface area contributed by atoms with Crippen molar-refractivity contribution in [1.82, 2.24) is 13.7 Å². The Hall–Kier alpha value is -3.62. The summed E-state index contributed by atoms with van der Waals surface area (Å²) in [5, 5.41) is 2.79. The molecule has 0 spiro atoms. The standard InChI is InChI=1S/C23H28N4O5/c1-5-12-26-18(28)14-17(20(29)24-15-8-10-16(11-9-15)32-7-3)19-21(26)25(4)23(31)27(13-6-2)22(19)30/h8-11,14H,5-7,12-13H2,1-4H3,(H,24,29). The van der Waals surface area contributed by atoms with Gasteiger partial charge in [0.2, 0.25) is 0 Å². The van der Waals surface area contributed by atoms with Crippen LogP contribution in [0.4, 0.5) is 5.69 Å². The average Bonchev–Trinajstić information content (AvgIpc) is 2.77. The number of amides is 1. The van der Waals surface area contributed by atoms with Crippen molar-refractivity contribution in [1.29, 1.82) is 0 Å². The summed E-state index contributed by atoms with van der Waals surface area (Å²) in [6.07, 6.45) is 1.20. The number of ether oxygens (including phenoxy) is 1. The summed E-state index contributed by atoms with van der Waals surface area (Å²) in [4.78, 5) is 52.1. The molecule has 0 fully saturated rings. The minimum Gasteiger partial charge on any atom is -0.494 e. The van der Waals surface area contributed by atoms with Crippen LogP contribution in [0.25, 0.3) is 11.0 Å². The van der Waals surface area contributed by atoms with Crippen molar-refractivity contribution in [3.63, 3.8) is 0 Å². The Morgan fingerprint density at radius 2 is 1.59 bits per heavy atom. The van der Waals surface area contributed by atoms with Crippen LogP contribution in [0.3, 0.4) is 0 Å². The normalized spacial score (nSPS) is 11.0. The van der Waals surface area contributed by atoms with Crippen LogP contribution in [-0.2, 0) is 20.1 Å². The molecule has 32 heavy (non-hydrogen) atoms. The highest BCUT2D eigenvalue weighted by atomic mass is 16.5. The second-order valence-electron chi connectivity index (χ2n) is 7.46. The van der Waals surface area contributed by atoms with E-state index in [-0.39, 0.29) is 23.1 Å². The first kappa shape index (κ1) is 23.1. The molecule has 0 saturated heterocycles. The molecule has 0 aliphatic heterocycles. The summed E-state index contributed by atoms with van der Waals surface area (Å²) >= 11 is 0. The number of hydrogen-bond donors (Lipinski definition) is 1. The third kappa shape index (κ3) is 4.23. The van der Waals surface area contributed by atoms with Crippen molar-refractivity contribution in [2.24, 2.45) is 7.05 Å². The number of fused-ring (bicyclic) bond motifs is 1. The van der Waals surface area contributed by atoms with Crippen LogP contribution in [0, 0.1) is 0 Å². The van der Waals surface area contributed by atoms with Gasteiger partial charge in [-0.25, -0.2) is 4.79 Å². The van der Waals surface area contributed by atoms with E-state index in [4.69, 9.17) is 4.74 Å². The maximum Gasteiger partial charge on any atom is 0.332 e. The number of hydrogen-bond acceptors (Lipinski definition) is 5. The summed E-state index contributed by atoms with van der Waals surface area (Å²) in [6.45, 7) is 6.68. The molecule has 9 heteroatoms. The van der Waals surface area contributed by atoms with E-state index in [0.717, 1.165) is 4.57 Å². The monoisotopic (exact) mass is 440 g/mol. The van der Waals surface area contributed by atoms with Crippen LogP contribution in [0.1, 0.15) is 44.0 Å². The van der Waals surface area contributed by atoms with Crippen LogP contribution >= 0.6 is 0 Å². The molecule has 3 rings (SSSR count). The van der Waals surface area contributed by atoms with E-state index in [1.165, 1.54) is 22.2 Å². The van der Waals surface area contributed by atoms with Gasteiger partial charge in [-0.05, 0) is 44.0 Å². The molecule has 0 aliphatic rings. The zero-order valence-corrected chi connectivity index (χ0v) is 18.8. The number of carbonyl (C=O) groups excluding carboxylic acids is 1. The zero-order chi connectivity index (χ0) is 23.4. The number of anilines is 1. The molecule has 2 aromatic heterocycles. The lowest BCUT2D eigenvalue weighted by Crippen LogP contribution is -2.42. The maximum absolute atomic E-state index is 13.3. The van der Waals surface area contributed by atoms with E-state index in [1.54, 1.807) is 24.3 Å². The third-order valence-electron chi connectivity index (χ3n) is 5.14. The Kier molecular flexibility index (Phi) is 6.97. The fraction of sp³-hybridized carbons (Fsp3) is 0.391. The van der Waals surface area contributed by atoms with Gasteiger partial charge in [0.15, 0.2) is 0 Å². The highest BCUT2D eigenvalue weighted by Gasteiger charge is 2.22. The van der Waals surface area contributed by atoms with Gasteiger partial charge in [-0.2, -0.15) is 0 Å². The van der Waals surface area contributed by atoms with Crippen molar-refractivity contribution in [2.75, 3.05) is 11.9 Å². The Morgan fingerprint density at radius 3 is 2.19 bits per heavy atom. The van der Waals surface area contributed by atoms with Crippen molar-refractivity contribution in [3.05, 3.63) is 67.1 Å². The Morgan fingerprint density at radius 1 is 0.969 bits per heavy atom. The van der Waals surface area contributed by atoms with Crippen molar-refractivity contribution in [3.8, 4) is 5.75 Å². The van der Waals surface area contributed by atoms with Crippen LogP contribution in [0.2, 0.25) is 0 Å². The first-order valence-corrected chi connectivity index (χ1v) is 10.8. The molecular formula is C23H28N4O5. The number of aromatic nitrogens is 3. The van der Waals surface area contributed by atoms with Crippen molar-refractivity contribution < 1.29 is 9.53 Å². The number of nitrogens with one attached hydrogen (secondary N) is 1. The molecule has 9 nitrogen and oxygen atoms in total. The summed E-state index contributed by atoms with van der Waals surface area (Å²) in [5.74, 6) is 0.0641. The van der Waals surface area contributed by atoms with Gasteiger partial charge in [0, 0.05) is 31.9 Å². The minimum atomic E-state index is -0.598. The summed E-state index contributed by atoms with van der Waals surface area (Å²) < 4.78 is 9.16. The van der Waals surface area contributed by atoms with Gasteiger partial charge in [-0.1, -0.05) is 13.8 Å². The second kappa shape index (κ2) is 9.67. The highest BCUT2D eigenvalue weighted by molar-refractivity contribution is 6.11. The number of nitrogens with zero attached hydrogens (tertiary/aromatic N) is 3. The van der Waals surface area contributed by atoms with E-state index >= 15 is 0 Å². The van der Waals surface area contributed by atoms with Gasteiger partial charge in [0.25, 0.3) is 17.0 Å². The molecule has 0 radical (unpaired) electrons. The predicted octanol–water partition coefficient (Wildman–Crippen LogP) is 2.33. The lowest BCUT2D eigenvalue weighted by molar-refractivity contribution is 0.102. The van der Waals surface area contributed by atoms with Gasteiger partial charge >= 0.3 is 5.69 Å². The van der Waals surface area contributed by atoms with Gasteiger partial charge in [-0.15, -0.1) is 0 Å². The molecule has 0 unspecified atom stereocenters. The minimum absolute atomic E-state index is 0.0528. The summed E-state index contributed by atoms with van der Waals surface area (Å²) in [6, 6.07) is 7.95. The van der Waals surface area contributed by atoms with Crippen LogP contribution in [0.15, 0.2) is 44.7 Å². The fourth-order valence-corrected chi connectivity index (χ4v) is 3.73. The first-order chi connectivity index (χ1) is 15.3. The summed E-state index contributed by atoms with van der Waals surface area (Å²) in [5.41, 5.74) is -0.957. The van der Waals surface area contributed by atoms with E-state index in [1.807, 2.05) is 20.8 Å². The van der Waals surface area contributed by atoms with Crippen molar-refractivity contribution >= 4 is 22.6 Å². The average molecular weight is 441 g/mol. The molecule has 170 valence electrons. The SMILES string of the molecule is CCCn1c(=O)c2c(C(=O)Nc3ccc(OCC)cc3)cc(=O)n(CCC)c2n(C)c1=O. The van der Waals surface area contributed by atoms with E-state index in [9.17, 15) is 19.2 Å². The van der Waals surface area contributed by atoms with E-state index in [0.29, 0.717) is 37.4 Å². The Labute approximate surface area is 184 Å². The molecule has 1 aromatic carbocycles. The van der Waals surface area contributed by atoms with Crippen LogP contribution in [-0.4, -0.2) is 26.2 Å². The molecule has 0 atom stereocenters. The third-order valence-corrected chi connectivity index (χ3v) is 5.14. The molecule has 1 amide bonds. The maximum atomic E-state index is 13.3. The number of benzene rings is 1. The molecular weight excluding hydrogens is 412 g/mol. The quantitative estimate of drug-likeness (QED) is 0.579.